The van der Waals surface area contributed by atoms with E-state index in [2.05, 4.69) is 15.6 Å². The van der Waals surface area contributed by atoms with Crippen LogP contribution in [-0.4, -0.2) is 42.3 Å². The topological polar surface area (TPSA) is 156 Å². The fourth-order valence-corrected chi connectivity index (χ4v) is 5.52. The summed E-state index contributed by atoms with van der Waals surface area (Å²) in [5.74, 6) is -1.13. The van der Waals surface area contributed by atoms with Gasteiger partial charge in [-0.25, -0.2) is 9.78 Å². The SMILES string of the molecule is CCCCNC(=O)c1ccc(-c2cc3c(cc2C(=O)Nc2ccc(C(=N)N)cc2)-c2sccc2CO3)c(C(=O)OC)n1. The molecule has 42 heavy (non-hydrogen) atoms. The molecule has 1 aliphatic rings. The van der Waals surface area contributed by atoms with Crippen molar-refractivity contribution >= 4 is 40.6 Å². The number of nitrogens with two attached hydrogens (primary N) is 1. The van der Waals surface area contributed by atoms with Crippen LogP contribution in [0.1, 0.15) is 62.2 Å². The van der Waals surface area contributed by atoms with Gasteiger partial charge in [-0.3, -0.25) is 15.0 Å². The Labute approximate surface area is 246 Å². The number of pyridine rings is 1. The van der Waals surface area contributed by atoms with Crippen LogP contribution in [0.25, 0.3) is 21.6 Å². The Hall–Kier alpha value is -5.03. The minimum atomic E-state index is -0.751. The number of anilines is 1. The lowest BCUT2D eigenvalue weighted by Gasteiger charge is -2.22. The minimum Gasteiger partial charge on any atom is -0.488 e. The van der Waals surface area contributed by atoms with E-state index in [4.69, 9.17) is 20.6 Å². The summed E-state index contributed by atoms with van der Waals surface area (Å²) < 4.78 is 11.1. The van der Waals surface area contributed by atoms with Gasteiger partial charge in [0.2, 0.25) is 0 Å². The minimum absolute atomic E-state index is 0.0595. The lowest BCUT2D eigenvalue weighted by molar-refractivity contribution is 0.0594. The van der Waals surface area contributed by atoms with Crippen LogP contribution in [0.2, 0.25) is 0 Å². The maximum absolute atomic E-state index is 13.8. The molecular formula is C31H29N5O5S. The molecule has 0 spiro atoms. The van der Waals surface area contributed by atoms with Gasteiger partial charge in [-0.15, -0.1) is 11.3 Å². The van der Waals surface area contributed by atoms with Crippen LogP contribution in [0, 0.1) is 5.41 Å². The zero-order valence-electron chi connectivity index (χ0n) is 23.1. The molecule has 2 amide bonds. The van der Waals surface area contributed by atoms with Crippen LogP contribution in [0.3, 0.4) is 0 Å². The van der Waals surface area contributed by atoms with Gasteiger partial charge in [0, 0.05) is 50.5 Å². The third kappa shape index (κ3) is 5.72. The van der Waals surface area contributed by atoms with Gasteiger partial charge in [-0.1, -0.05) is 13.3 Å². The summed E-state index contributed by atoms with van der Waals surface area (Å²) in [5.41, 5.74) is 9.27. The number of amidine groups is 1. The van der Waals surface area contributed by atoms with Gasteiger partial charge in [0.15, 0.2) is 5.69 Å². The molecule has 0 bridgehead atoms. The molecular weight excluding hydrogens is 554 g/mol. The van der Waals surface area contributed by atoms with Crippen molar-refractivity contribution in [1.29, 1.82) is 5.41 Å². The van der Waals surface area contributed by atoms with Crippen LogP contribution >= 0.6 is 11.3 Å². The van der Waals surface area contributed by atoms with E-state index in [9.17, 15) is 14.4 Å². The molecule has 11 heteroatoms. The van der Waals surface area contributed by atoms with E-state index in [-0.39, 0.29) is 22.8 Å². The molecule has 0 atom stereocenters. The van der Waals surface area contributed by atoms with E-state index in [1.165, 1.54) is 13.2 Å². The molecule has 214 valence electrons. The van der Waals surface area contributed by atoms with Crippen molar-refractivity contribution in [1.82, 2.24) is 10.3 Å². The van der Waals surface area contributed by atoms with Gasteiger partial charge in [0.05, 0.1) is 7.11 Å². The van der Waals surface area contributed by atoms with Crippen LogP contribution in [-0.2, 0) is 11.3 Å². The molecule has 10 nitrogen and oxygen atoms in total. The number of carbonyl (C=O) groups excluding carboxylic acids is 3. The second-order valence-corrected chi connectivity index (χ2v) is 10.5. The maximum Gasteiger partial charge on any atom is 0.357 e. The third-order valence-electron chi connectivity index (χ3n) is 6.81. The average molecular weight is 584 g/mol. The number of nitrogens with zero attached hydrogens (tertiary/aromatic N) is 1. The number of hydrogen-bond acceptors (Lipinski definition) is 8. The standard InChI is InChI=1S/C31H29N5O5S/c1-3-4-12-34-30(38)24-10-9-20(26(36-24)31(39)40-2)21-15-25-23(27-18(16-41-25)11-13-42-27)14-22(21)29(37)35-19-7-5-17(6-8-19)28(32)33/h5-11,13-15H,3-4,12,16H2,1-2H3,(H3,32,33)(H,34,38)(H,35,37). The van der Waals surface area contributed by atoms with Crippen LogP contribution < -0.4 is 21.1 Å². The number of fused-ring (bicyclic) bond motifs is 3. The second kappa shape index (κ2) is 12.2. The van der Waals surface area contributed by atoms with Crippen molar-refractivity contribution in [2.45, 2.75) is 26.4 Å². The number of nitrogen functional groups attached to an aromatic ring is 1. The van der Waals surface area contributed by atoms with Crippen LogP contribution in [0.5, 0.6) is 5.75 Å². The summed E-state index contributed by atoms with van der Waals surface area (Å²) in [6.45, 7) is 2.88. The highest BCUT2D eigenvalue weighted by atomic mass is 32.1. The first-order chi connectivity index (χ1) is 20.3. The molecule has 2 aromatic heterocycles. The van der Waals surface area contributed by atoms with E-state index in [1.807, 2.05) is 18.4 Å². The molecule has 0 saturated heterocycles. The molecule has 0 unspecified atom stereocenters. The summed E-state index contributed by atoms with van der Waals surface area (Å²) in [5, 5.41) is 15.3. The van der Waals surface area contributed by atoms with Crippen molar-refractivity contribution in [3.05, 3.63) is 88.1 Å². The van der Waals surface area contributed by atoms with Gasteiger partial charge in [0.1, 0.15) is 23.9 Å². The fraction of sp³-hybridized carbons (Fsp3) is 0.194. The number of unbranched alkanes of at least 4 members (excludes halogenated alkanes) is 1. The predicted octanol–water partition coefficient (Wildman–Crippen LogP) is 5.22. The molecule has 5 N–H and O–H groups in total. The van der Waals surface area contributed by atoms with Gasteiger partial charge >= 0.3 is 5.97 Å². The summed E-state index contributed by atoms with van der Waals surface area (Å²) in [4.78, 5) is 44.8. The average Bonchev–Trinajstić information content (AvgIpc) is 3.49. The van der Waals surface area contributed by atoms with Crippen LogP contribution in [0.4, 0.5) is 5.69 Å². The predicted molar refractivity (Wildman–Crippen MR) is 161 cm³/mol. The van der Waals surface area contributed by atoms with E-state index in [0.717, 1.165) is 28.8 Å². The number of ether oxygens (including phenoxy) is 2. The maximum atomic E-state index is 13.8. The number of hydrogen-bond donors (Lipinski definition) is 4. The highest BCUT2D eigenvalue weighted by Gasteiger charge is 2.27. The number of aromatic nitrogens is 1. The van der Waals surface area contributed by atoms with Crippen molar-refractivity contribution in [3.8, 4) is 27.3 Å². The molecule has 0 fully saturated rings. The van der Waals surface area contributed by atoms with Gasteiger partial charge in [-0.2, -0.15) is 0 Å². The number of methoxy groups -OCH3 is 1. The van der Waals surface area contributed by atoms with Crippen molar-refractivity contribution < 1.29 is 23.9 Å². The van der Waals surface area contributed by atoms with E-state index < -0.39 is 17.8 Å². The molecule has 0 aliphatic carbocycles. The Kier molecular flexibility index (Phi) is 8.30. The number of amides is 2. The van der Waals surface area contributed by atoms with E-state index in [1.54, 1.807) is 53.8 Å². The lowest BCUT2D eigenvalue weighted by atomic mass is 9.92. The normalized spacial score (nSPS) is 11.5. The lowest BCUT2D eigenvalue weighted by Crippen LogP contribution is -2.26. The van der Waals surface area contributed by atoms with Gasteiger partial charge in [0.25, 0.3) is 11.8 Å². The first kappa shape index (κ1) is 28.5. The molecule has 4 aromatic rings. The molecule has 1 aliphatic heterocycles. The Bertz CT molecular complexity index is 1700. The smallest absolute Gasteiger partial charge is 0.357 e. The molecule has 0 radical (unpaired) electrons. The summed E-state index contributed by atoms with van der Waals surface area (Å²) in [6, 6.07) is 15.1. The van der Waals surface area contributed by atoms with Crippen molar-refractivity contribution in [2.75, 3.05) is 19.0 Å². The highest BCUT2D eigenvalue weighted by molar-refractivity contribution is 7.13. The third-order valence-corrected chi connectivity index (χ3v) is 7.80. The monoisotopic (exact) mass is 583 g/mol. The second-order valence-electron chi connectivity index (χ2n) is 9.60. The van der Waals surface area contributed by atoms with E-state index >= 15 is 0 Å². The fourth-order valence-electron chi connectivity index (χ4n) is 4.58. The van der Waals surface area contributed by atoms with Gasteiger partial charge < -0.3 is 25.8 Å². The Morgan fingerprint density at radius 2 is 1.83 bits per heavy atom. The number of thiophene rings is 1. The Morgan fingerprint density at radius 3 is 2.55 bits per heavy atom. The van der Waals surface area contributed by atoms with E-state index in [0.29, 0.717) is 41.3 Å². The first-order valence-electron chi connectivity index (χ1n) is 13.3. The summed E-state index contributed by atoms with van der Waals surface area (Å²) >= 11 is 1.55. The number of carbonyl (C=O) groups is 3. The first-order valence-corrected chi connectivity index (χ1v) is 14.2. The Morgan fingerprint density at radius 1 is 1.05 bits per heavy atom. The van der Waals surface area contributed by atoms with Crippen LogP contribution in [0.15, 0.2) is 60.0 Å². The van der Waals surface area contributed by atoms with Crippen molar-refractivity contribution in [2.24, 2.45) is 5.73 Å². The zero-order valence-corrected chi connectivity index (χ0v) is 23.9. The summed E-state index contributed by atoms with van der Waals surface area (Å²) in [6.07, 6.45) is 1.73. The number of benzene rings is 2. The zero-order chi connectivity index (χ0) is 29.8. The van der Waals surface area contributed by atoms with Gasteiger partial charge in [-0.05, 0) is 66.4 Å². The molecule has 0 saturated carbocycles. The molecule has 2 aromatic carbocycles. The number of rotatable bonds is 9. The largest absolute Gasteiger partial charge is 0.488 e. The summed E-state index contributed by atoms with van der Waals surface area (Å²) in [7, 11) is 1.23. The van der Waals surface area contributed by atoms with Crippen molar-refractivity contribution in [3.63, 3.8) is 0 Å². The Balaban J connectivity index is 1.62. The number of esters is 1. The molecule has 3 heterocycles. The molecule has 5 rings (SSSR count). The number of nitrogens with one attached hydrogen (secondary N) is 3. The quantitative estimate of drug-likeness (QED) is 0.0910. The highest BCUT2D eigenvalue weighted by Crippen LogP contribution is 2.44.